The standard InChI is InChI=1S/C18H19N3O3/c1-4-5-13-10-15(18(22)23)21-17(19-13)16(11(2)20-21)12-6-8-14(24-3)9-7-12/h6-10H,4-5H2,1-3H3,(H,22,23). The number of ether oxygens (including phenoxy) is 1. The summed E-state index contributed by atoms with van der Waals surface area (Å²) in [6, 6.07) is 9.19. The maximum atomic E-state index is 11.6. The first-order chi connectivity index (χ1) is 11.5. The van der Waals surface area contributed by atoms with Crippen LogP contribution in [0.5, 0.6) is 5.75 Å². The van der Waals surface area contributed by atoms with E-state index < -0.39 is 5.97 Å². The number of fused-ring (bicyclic) bond motifs is 1. The molecule has 0 saturated heterocycles. The normalized spacial score (nSPS) is 11.0. The van der Waals surface area contributed by atoms with Gasteiger partial charge in [-0.3, -0.25) is 0 Å². The molecule has 0 spiro atoms. The Morgan fingerprint density at radius 2 is 2.00 bits per heavy atom. The number of carbonyl (C=O) groups is 1. The van der Waals surface area contributed by atoms with E-state index in [-0.39, 0.29) is 5.69 Å². The molecule has 0 aliphatic rings. The lowest BCUT2D eigenvalue weighted by Gasteiger charge is -2.06. The second-order valence-electron chi connectivity index (χ2n) is 5.61. The van der Waals surface area contributed by atoms with Gasteiger partial charge in [0.2, 0.25) is 0 Å². The van der Waals surface area contributed by atoms with E-state index in [1.807, 2.05) is 38.1 Å². The largest absolute Gasteiger partial charge is 0.497 e. The van der Waals surface area contributed by atoms with E-state index in [1.165, 1.54) is 4.52 Å². The lowest BCUT2D eigenvalue weighted by molar-refractivity contribution is 0.0687. The highest BCUT2D eigenvalue weighted by Crippen LogP contribution is 2.29. The topological polar surface area (TPSA) is 76.7 Å². The first-order valence-corrected chi connectivity index (χ1v) is 7.82. The SMILES string of the molecule is CCCc1cc(C(=O)O)n2nc(C)c(-c3ccc(OC)cc3)c2n1. The molecule has 1 aromatic carbocycles. The van der Waals surface area contributed by atoms with E-state index in [4.69, 9.17) is 4.74 Å². The van der Waals surface area contributed by atoms with Crippen LogP contribution in [-0.2, 0) is 6.42 Å². The molecule has 1 N–H and O–H groups in total. The fraction of sp³-hybridized carbons (Fsp3) is 0.278. The third-order valence-electron chi connectivity index (χ3n) is 3.92. The number of hydrogen-bond acceptors (Lipinski definition) is 4. The van der Waals surface area contributed by atoms with Gasteiger partial charge in [0.25, 0.3) is 0 Å². The summed E-state index contributed by atoms with van der Waals surface area (Å²) in [5.41, 5.74) is 3.98. The number of aryl methyl sites for hydroxylation is 2. The number of benzene rings is 1. The number of rotatable bonds is 5. The molecule has 2 heterocycles. The third kappa shape index (κ3) is 2.71. The van der Waals surface area contributed by atoms with Crippen LogP contribution in [0.3, 0.4) is 0 Å². The zero-order valence-corrected chi connectivity index (χ0v) is 13.9. The van der Waals surface area contributed by atoms with Crippen molar-refractivity contribution in [2.24, 2.45) is 0 Å². The van der Waals surface area contributed by atoms with E-state index in [0.717, 1.165) is 41.1 Å². The van der Waals surface area contributed by atoms with Gasteiger partial charge in [-0.05, 0) is 37.1 Å². The second kappa shape index (κ2) is 6.31. The molecule has 0 aliphatic carbocycles. The van der Waals surface area contributed by atoms with Gasteiger partial charge in [0, 0.05) is 11.3 Å². The smallest absolute Gasteiger partial charge is 0.354 e. The average molecular weight is 325 g/mol. The highest BCUT2D eigenvalue weighted by molar-refractivity contribution is 5.89. The van der Waals surface area contributed by atoms with E-state index in [0.29, 0.717) is 5.65 Å². The zero-order valence-electron chi connectivity index (χ0n) is 13.9. The van der Waals surface area contributed by atoms with Gasteiger partial charge in [0.05, 0.1) is 12.8 Å². The molecular weight excluding hydrogens is 306 g/mol. The highest BCUT2D eigenvalue weighted by atomic mass is 16.5. The summed E-state index contributed by atoms with van der Waals surface area (Å²) in [7, 11) is 1.62. The summed E-state index contributed by atoms with van der Waals surface area (Å²) < 4.78 is 6.60. The molecule has 3 rings (SSSR count). The number of aromatic carboxylic acids is 1. The van der Waals surface area contributed by atoms with Crippen molar-refractivity contribution in [2.45, 2.75) is 26.7 Å². The Kier molecular flexibility index (Phi) is 4.20. The fourth-order valence-corrected chi connectivity index (χ4v) is 2.81. The molecule has 6 nitrogen and oxygen atoms in total. The zero-order chi connectivity index (χ0) is 17.3. The molecule has 0 unspecified atom stereocenters. The van der Waals surface area contributed by atoms with Crippen molar-refractivity contribution in [3.8, 4) is 16.9 Å². The first-order valence-electron chi connectivity index (χ1n) is 7.82. The molecule has 0 bridgehead atoms. The van der Waals surface area contributed by atoms with Crippen LogP contribution < -0.4 is 4.74 Å². The van der Waals surface area contributed by atoms with Gasteiger partial charge in [-0.2, -0.15) is 5.10 Å². The summed E-state index contributed by atoms with van der Waals surface area (Å²) in [5, 5.41) is 13.9. The Labute approximate surface area is 139 Å². The maximum Gasteiger partial charge on any atom is 0.354 e. The lowest BCUT2D eigenvalue weighted by atomic mass is 10.1. The molecule has 0 atom stereocenters. The summed E-state index contributed by atoms with van der Waals surface area (Å²) >= 11 is 0. The molecule has 124 valence electrons. The van der Waals surface area contributed by atoms with E-state index in [1.54, 1.807) is 13.2 Å². The monoisotopic (exact) mass is 325 g/mol. The van der Waals surface area contributed by atoms with Crippen LogP contribution in [0.2, 0.25) is 0 Å². The summed E-state index contributed by atoms with van der Waals surface area (Å²) in [6.07, 6.45) is 1.62. The van der Waals surface area contributed by atoms with Gasteiger partial charge >= 0.3 is 5.97 Å². The minimum Gasteiger partial charge on any atom is -0.497 e. The van der Waals surface area contributed by atoms with Crippen molar-refractivity contribution in [2.75, 3.05) is 7.11 Å². The van der Waals surface area contributed by atoms with Crippen LogP contribution in [-0.4, -0.2) is 32.8 Å². The second-order valence-corrected chi connectivity index (χ2v) is 5.61. The van der Waals surface area contributed by atoms with E-state index in [9.17, 15) is 9.90 Å². The van der Waals surface area contributed by atoms with Crippen molar-refractivity contribution in [1.29, 1.82) is 0 Å². The number of aromatic nitrogens is 3. The maximum absolute atomic E-state index is 11.6. The Bertz CT molecular complexity index is 898. The van der Waals surface area contributed by atoms with Crippen LogP contribution in [0, 0.1) is 6.92 Å². The van der Waals surface area contributed by atoms with Gasteiger partial charge in [-0.15, -0.1) is 0 Å². The van der Waals surface area contributed by atoms with Crippen LogP contribution >= 0.6 is 0 Å². The minimum atomic E-state index is -1.01. The van der Waals surface area contributed by atoms with Gasteiger partial charge in [-0.1, -0.05) is 25.5 Å². The van der Waals surface area contributed by atoms with E-state index >= 15 is 0 Å². The average Bonchev–Trinajstić information content (AvgIpc) is 2.90. The number of methoxy groups -OCH3 is 1. The minimum absolute atomic E-state index is 0.131. The fourth-order valence-electron chi connectivity index (χ4n) is 2.81. The number of hydrogen-bond donors (Lipinski definition) is 1. The molecule has 0 fully saturated rings. The van der Waals surface area contributed by atoms with Crippen LogP contribution in [0.25, 0.3) is 16.8 Å². The number of carboxylic acids is 1. The molecular formula is C18H19N3O3. The Hall–Kier alpha value is -2.89. The predicted molar refractivity (Wildman–Crippen MR) is 90.7 cm³/mol. The van der Waals surface area contributed by atoms with Crippen LogP contribution in [0.1, 0.15) is 35.2 Å². The van der Waals surface area contributed by atoms with Gasteiger partial charge in [0.15, 0.2) is 11.3 Å². The summed E-state index contributed by atoms with van der Waals surface area (Å²) in [4.78, 5) is 16.3. The van der Waals surface area contributed by atoms with Crippen LogP contribution in [0.4, 0.5) is 0 Å². The van der Waals surface area contributed by atoms with Gasteiger partial charge < -0.3 is 9.84 Å². The van der Waals surface area contributed by atoms with Crippen molar-refractivity contribution in [3.63, 3.8) is 0 Å². The lowest BCUT2D eigenvalue weighted by Crippen LogP contribution is -2.09. The van der Waals surface area contributed by atoms with Crippen molar-refractivity contribution < 1.29 is 14.6 Å². The molecule has 0 saturated carbocycles. The quantitative estimate of drug-likeness (QED) is 0.778. The Balaban J connectivity index is 2.26. The summed E-state index contributed by atoms with van der Waals surface area (Å²) in [5.74, 6) is -0.248. The molecule has 6 heteroatoms. The van der Waals surface area contributed by atoms with Gasteiger partial charge in [-0.25, -0.2) is 14.3 Å². The predicted octanol–water partition coefficient (Wildman–Crippen LogP) is 3.36. The van der Waals surface area contributed by atoms with Crippen molar-refractivity contribution in [1.82, 2.24) is 14.6 Å². The number of nitrogens with zero attached hydrogens (tertiary/aromatic N) is 3. The van der Waals surface area contributed by atoms with Crippen LogP contribution in [0.15, 0.2) is 30.3 Å². The first kappa shape index (κ1) is 16.0. The number of carboxylic acid groups (broad SMARTS) is 1. The third-order valence-corrected chi connectivity index (χ3v) is 3.92. The molecule has 0 amide bonds. The van der Waals surface area contributed by atoms with Crippen molar-refractivity contribution >= 4 is 11.6 Å². The Morgan fingerprint density at radius 3 is 2.58 bits per heavy atom. The van der Waals surface area contributed by atoms with E-state index in [2.05, 4.69) is 10.1 Å². The summed E-state index contributed by atoms with van der Waals surface area (Å²) in [6.45, 7) is 3.90. The molecule has 3 aromatic rings. The highest BCUT2D eigenvalue weighted by Gasteiger charge is 2.19. The molecule has 24 heavy (non-hydrogen) atoms. The molecule has 0 radical (unpaired) electrons. The Morgan fingerprint density at radius 1 is 1.29 bits per heavy atom. The molecule has 0 aliphatic heterocycles. The van der Waals surface area contributed by atoms with Gasteiger partial charge in [0.1, 0.15) is 5.75 Å². The van der Waals surface area contributed by atoms with Crippen molar-refractivity contribution in [3.05, 3.63) is 47.4 Å². The molecule has 2 aromatic heterocycles.